The minimum Gasteiger partial charge on any atom is -0.337 e. The molecule has 0 saturated carbocycles. The third kappa shape index (κ3) is 1.59. The zero-order chi connectivity index (χ0) is 10.8. The molecule has 5 nitrogen and oxygen atoms in total. The smallest absolute Gasteiger partial charge is 0.0945 e. The molecule has 0 spiro atoms. The molecule has 1 heterocycles. The molecule has 0 bridgehead atoms. The second kappa shape index (κ2) is 3.72. The Bertz CT molecular complexity index is 361. The van der Waals surface area contributed by atoms with E-state index in [9.17, 15) is 0 Å². The van der Waals surface area contributed by atoms with Gasteiger partial charge in [-0.2, -0.15) is 0 Å². The van der Waals surface area contributed by atoms with Crippen molar-refractivity contribution in [1.29, 1.82) is 0 Å². The summed E-state index contributed by atoms with van der Waals surface area (Å²) < 4.78 is 1.88. The maximum absolute atomic E-state index is 8.57. The van der Waals surface area contributed by atoms with Crippen LogP contribution < -0.4 is 0 Å². The van der Waals surface area contributed by atoms with E-state index in [1.54, 1.807) is 12.5 Å². The zero-order valence-electron chi connectivity index (χ0n) is 8.97. The number of rotatable bonds is 3. The molecule has 0 aliphatic carbocycles. The lowest BCUT2D eigenvalue weighted by atomic mass is 9.86. The standard InChI is InChI=1S/C9H15N5/c1-7(2)9(3,12-13-10)8-5-11-6-14(8)4/h5-7H,1-4H3. The zero-order valence-corrected chi connectivity index (χ0v) is 8.97. The lowest BCUT2D eigenvalue weighted by Gasteiger charge is -2.28. The minimum absolute atomic E-state index is 0.230. The summed E-state index contributed by atoms with van der Waals surface area (Å²) >= 11 is 0. The van der Waals surface area contributed by atoms with Gasteiger partial charge in [-0.25, -0.2) is 4.98 Å². The van der Waals surface area contributed by atoms with Gasteiger partial charge in [0, 0.05) is 23.9 Å². The number of hydrogen-bond donors (Lipinski definition) is 0. The third-order valence-electron chi connectivity index (χ3n) is 2.71. The maximum Gasteiger partial charge on any atom is 0.0945 e. The van der Waals surface area contributed by atoms with Gasteiger partial charge in [-0.1, -0.05) is 19.0 Å². The van der Waals surface area contributed by atoms with Crippen molar-refractivity contribution in [3.8, 4) is 0 Å². The summed E-state index contributed by atoms with van der Waals surface area (Å²) in [5, 5.41) is 3.88. The highest BCUT2D eigenvalue weighted by Gasteiger charge is 2.31. The van der Waals surface area contributed by atoms with Crippen LogP contribution in [-0.2, 0) is 12.6 Å². The number of nitrogens with zero attached hydrogens (tertiary/aromatic N) is 5. The molecule has 1 aromatic rings. The third-order valence-corrected chi connectivity index (χ3v) is 2.71. The summed E-state index contributed by atoms with van der Waals surface area (Å²) in [6.07, 6.45) is 3.46. The van der Waals surface area contributed by atoms with E-state index in [0.717, 1.165) is 5.69 Å². The molecule has 1 unspecified atom stereocenters. The first kappa shape index (κ1) is 10.6. The van der Waals surface area contributed by atoms with Crippen LogP contribution in [0.5, 0.6) is 0 Å². The number of hydrogen-bond acceptors (Lipinski definition) is 2. The Hall–Kier alpha value is -1.48. The summed E-state index contributed by atoms with van der Waals surface area (Å²) in [4.78, 5) is 6.94. The van der Waals surface area contributed by atoms with Crippen molar-refractivity contribution in [2.24, 2.45) is 18.1 Å². The van der Waals surface area contributed by atoms with Gasteiger partial charge in [-0.15, -0.1) is 0 Å². The summed E-state index contributed by atoms with van der Waals surface area (Å²) in [5.41, 5.74) is 8.98. The molecule has 0 aliphatic rings. The highest BCUT2D eigenvalue weighted by Crippen LogP contribution is 2.32. The lowest BCUT2D eigenvalue weighted by molar-refractivity contribution is 0.332. The first-order valence-electron chi connectivity index (χ1n) is 4.55. The molecule has 0 aromatic carbocycles. The molecule has 14 heavy (non-hydrogen) atoms. The molecule has 0 amide bonds. The van der Waals surface area contributed by atoms with E-state index in [1.807, 2.05) is 32.4 Å². The van der Waals surface area contributed by atoms with Gasteiger partial charge in [-0.3, -0.25) is 0 Å². The normalized spacial score (nSPS) is 14.9. The highest BCUT2D eigenvalue weighted by atomic mass is 15.2. The summed E-state index contributed by atoms with van der Waals surface area (Å²) in [5.74, 6) is 0.230. The fourth-order valence-electron chi connectivity index (χ4n) is 1.40. The average Bonchev–Trinajstić information content (AvgIpc) is 2.51. The Balaban J connectivity index is 3.25. The van der Waals surface area contributed by atoms with Crippen molar-refractivity contribution < 1.29 is 0 Å². The minimum atomic E-state index is -0.528. The molecule has 0 saturated heterocycles. The van der Waals surface area contributed by atoms with Crippen LogP contribution in [0.2, 0.25) is 0 Å². The van der Waals surface area contributed by atoms with Gasteiger partial charge < -0.3 is 4.57 Å². The van der Waals surface area contributed by atoms with Crippen molar-refractivity contribution in [2.45, 2.75) is 26.3 Å². The van der Waals surface area contributed by atoms with Gasteiger partial charge in [0.1, 0.15) is 0 Å². The van der Waals surface area contributed by atoms with Crippen LogP contribution in [0.15, 0.2) is 17.6 Å². The predicted octanol–water partition coefficient (Wildman–Crippen LogP) is 2.60. The van der Waals surface area contributed by atoms with Crippen LogP contribution in [-0.4, -0.2) is 9.55 Å². The van der Waals surface area contributed by atoms with Gasteiger partial charge in [0.05, 0.1) is 11.9 Å². The molecule has 5 heteroatoms. The van der Waals surface area contributed by atoms with Crippen LogP contribution in [0.1, 0.15) is 26.5 Å². The Morgan fingerprint density at radius 3 is 2.64 bits per heavy atom. The van der Waals surface area contributed by atoms with Crippen molar-refractivity contribution in [3.63, 3.8) is 0 Å². The molecule has 0 radical (unpaired) electrons. The van der Waals surface area contributed by atoms with Gasteiger partial charge in [-0.05, 0) is 18.4 Å². The van der Waals surface area contributed by atoms with Gasteiger partial charge >= 0.3 is 0 Å². The second-order valence-electron chi connectivity index (χ2n) is 3.88. The lowest BCUT2D eigenvalue weighted by Crippen LogP contribution is -2.28. The van der Waals surface area contributed by atoms with Crippen LogP contribution >= 0.6 is 0 Å². The molecular formula is C9H15N5. The van der Waals surface area contributed by atoms with Gasteiger partial charge in [0.25, 0.3) is 0 Å². The monoisotopic (exact) mass is 193 g/mol. The molecule has 1 rings (SSSR count). The van der Waals surface area contributed by atoms with Crippen molar-refractivity contribution >= 4 is 0 Å². The fourth-order valence-corrected chi connectivity index (χ4v) is 1.40. The maximum atomic E-state index is 8.57. The van der Waals surface area contributed by atoms with Gasteiger partial charge in [0.15, 0.2) is 0 Å². The van der Waals surface area contributed by atoms with Crippen LogP contribution in [0.3, 0.4) is 0 Å². The Labute approximate surface area is 83.4 Å². The summed E-state index contributed by atoms with van der Waals surface area (Å²) in [6.45, 7) is 5.98. The first-order chi connectivity index (χ1) is 6.52. The summed E-state index contributed by atoms with van der Waals surface area (Å²) in [7, 11) is 1.90. The Morgan fingerprint density at radius 2 is 2.29 bits per heavy atom. The SMILES string of the molecule is CC(C)C(C)(N=[N+]=[N-])c1cncn1C. The molecule has 0 N–H and O–H groups in total. The van der Waals surface area contributed by atoms with Crippen molar-refractivity contribution in [1.82, 2.24) is 9.55 Å². The van der Waals surface area contributed by atoms with E-state index < -0.39 is 5.54 Å². The van der Waals surface area contributed by atoms with Crippen LogP contribution in [0, 0.1) is 5.92 Å². The van der Waals surface area contributed by atoms with Crippen molar-refractivity contribution in [3.05, 3.63) is 28.7 Å². The molecule has 1 atom stereocenters. The highest BCUT2D eigenvalue weighted by molar-refractivity contribution is 5.13. The first-order valence-corrected chi connectivity index (χ1v) is 4.55. The number of aryl methyl sites for hydroxylation is 1. The molecule has 0 fully saturated rings. The molecular weight excluding hydrogens is 178 g/mol. The largest absolute Gasteiger partial charge is 0.337 e. The quantitative estimate of drug-likeness (QED) is 0.413. The summed E-state index contributed by atoms with van der Waals surface area (Å²) in [6, 6.07) is 0. The molecule has 76 valence electrons. The molecule has 1 aromatic heterocycles. The topological polar surface area (TPSA) is 66.6 Å². The van der Waals surface area contributed by atoms with Crippen LogP contribution in [0.4, 0.5) is 0 Å². The van der Waals surface area contributed by atoms with Gasteiger partial charge in [0.2, 0.25) is 0 Å². The van der Waals surface area contributed by atoms with Crippen LogP contribution in [0.25, 0.3) is 10.4 Å². The Morgan fingerprint density at radius 1 is 1.64 bits per heavy atom. The second-order valence-corrected chi connectivity index (χ2v) is 3.88. The predicted molar refractivity (Wildman–Crippen MR) is 54.5 cm³/mol. The molecule has 0 aliphatic heterocycles. The fraction of sp³-hybridized carbons (Fsp3) is 0.667. The number of imidazole rings is 1. The van der Waals surface area contributed by atoms with E-state index in [2.05, 4.69) is 15.0 Å². The number of azide groups is 1. The van der Waals surface area contributed by atoms with Crippen molar-refractivity contribution in [2.75, 3.05) is 0 Å². The van der Waals surface area contributed by atoms with E-state index in [4.69, 9.17) is 5.53 Å². The van der Waals surface area contributed by atoms with E-state index in [1.165, 1.54) is 0 Å². The van der Waals surface area contributed by atoms with E-state index in [-0.39, 0.29) is 5.92 Å². The Kier molecular flexibility index (Phi) is 2.81. The number of aromatic nitrogens is 2. The van der Waals surface area contributed by atoms with E-state index in [0.29, 0.717) is 0 Å². The van der Waals surface area contributed by atoms with E-state index >= 15 is 0 Å². The average molecular weight is 193 g/mol.